The molecule has 0 fully saturated rings. The SMILES string of the molecule is CCCOP(CCSC)SC. The van der Waals surface area contributed by atoms with E-state index in [1.807, 2.05) is 23.1 Å². The lowest BCUT2D eigenvalue weighted by molar-refractivity contribution is 0.360. The Morgan fingerprint density at radius 1 is 1.36 bits per heavy atom. The third kappa shape index (κ3) is 7.45. The predicted molar refractivity (Wildman–Crippen MR) is 59.9 cm³/mol. The maximum Gasteiger partial charge on any atom is 0.0892 e. The van der Waals surface area contributed by atoms with E-state index in [4.69, 9.17) is 4.52 Å². The van der Waals surface area contributed by atoms with Gasteiger partial charge in [-0.1, -0.05) is 6.92 Å². The fraction of sp³-hybridized carbons (Fsp3) is 1.00. The summed E-state index contributed by atoms with van der Waals surface area (Å²) in [5.74, 6) is 1.23. The van der Waals surface area contributed by atoms with Crippen LogP contribution in [-0.4, -0.2) is 31.0 Å². The summed E-state index contributed by atoms with van der Waals surface area (Å²) in [7, 11) is -0.174. The van der Waals surface area contributed by atoms with Crippen LogP contribution in [-0.2, 0) is 4.52 Å². The highest BCUT2D eigenvalue weighted by Crippen LogP contribution is 2.49. The van der Waals surface area contributed by atoms with Crippen molar-refractivity contribution in [1.29, 1.82) is 0 Å². The summed E-state index contributed by atoms with van der Waals surface area (Å²) in [5, 5.41) is 0. The molecule has 1 nitrogen and oxygen atoms in total. The molecule has 0 amide bonds. The Labute approximate surface area is 79.6 Å². The van der Waals surface area contributed by atoms with Gasteiger partial charge in [-0.2, -0.15) is 11.8 Å². The second kappa shape index (κ2) is 9.18. The summed E-state index contributed by atoms with van der Waals surface area (Å²) in [6, 6.07) is 0. The van der Waals surface area contributed by atoms with Gasteiger partial charge in [0, 0.05) is 6.16 Å². The normalized spacial score (nSPS) is 13.4. The van der Waals surface area contributed by atoms with Gasteiger partial charge in [0.25, 0.3) is 0 Å². The highest BCUT2D eigenvalue weighted by atomic mass is 32.7. The molecule has 0 bridgehead atoms. The summed E-state index contributed by atoms with van der Waals surface area (Å²) in [4.78, 5) is 0. The van der Waals surface area contributed by atoms with E-state index in [0.29, 0.717) is 0 Å². The van der Waals surface area contributed by atoms with Crippen molar-refractivity contribution in [2.24, 2.45) is 0 Å². The van der Waals surface area contributed by atoms with Crippen LogP contribution < -0.4 is 0 Å². The molecule has 0 spiro atoms. The first kappa shape index (κ1) is 12.1. The van der Waals surface area contributed by atoms with E-state index < -0.39 is 0 Å². The minimum absolute atomic E-state index is 0.174. The standard InChI is InChI=1S/C7H17OPS2/c1-4-5-8-9(11-3)6-7-10-2/h4-7H2,1-3H3. The second-order valence-electron chi connectivity index (χ2n) is 2.06. The van der Waals surface area contributed by atoms with Gasteiger partial charge in [0.1, 0.15) is 0 Å². The van der Waals surface area contributed by atoms with Gasteiger partial charge < -0.3 is 4.52 Å². The molecule has 0 aliphatic rings. The van der Waals surface area contributed by atoms with Crippen LogP contribution >= 0.6 is 30.5 Å². The molecule has 0 aliphatic heterocycles. The van der Waals surface area contributed by atoms with Crippen LogP contribution in [0.2, 0.25) is 0 Å². The van der Waals surface area contributed by atoms with Crippen molar-refractivity contribution < 1.29 is 4.52 Å². The zero-order chi connectivity index (χ0) is 8.53. The molecule has 4 heteroatoms. The third-order valence-electron chi connectivity index (χ3n) is 1.12. The first-order valence-corrected chi connectivity index (χ1v) is 8.45. The molecule has 0 aliphatic carbocycles. The molecule has 11 heavy (non-hydrogen) atoms. The van der Waals surface area contributed by atoms with Crippen molar-refractivity contribution in [2.75, 3.05) is 31.0 Å². The Balaban J connectivity index is 3.25. The molecule has 0 N–H and O–H groups in total. The summed E-state index contributed by atoms with van der Waals surface area (Å²) in [6.45, 7) is 3.09. The quantitative estimate of drug-likeness (QED) is 0.598. The van der Waals surface area contributed by atoms with Gasteiger partial charge in [-0.15, -0.1) is 11.4 Å². The first-order valence-electron chi connectivity index (χ1n) is 3.78. The van der Waals surface area contributed by atoms with Gasteiger partial charge >= 0.3 is 0 Å². The molecule has 1 unspecified atom stereocenters. The first-order chi connectivity index (χ1) is 5.35. The Morgan fingerprint density at radius 3 is 2.55 bits per heavy atom. The molecule has 1 atom stereocenters. The summed E-state index contributed by atoms with van der Waals surface area (Å²) in [6.07, 6.45) is 6.66. The Morgan fingerprint density at radius 2 is 2.09 bits per heavy atom. The van der Waals surface area contributed by atoms with Crippen LogP contribution in [0.4, 0.5) is 0 Å². The third-order valence-corrected chi connectivity index (χ3v) is 5.59. The van der Waals surface area contributed by atoms with Crippen molar-refractivity contribution >= 4 is 30.5 Å². The second-order valence-corrected chi connectivity index (χ2v) is 7.10. The van der Waals surface area contributed by atoms with E-state index in [1.165, 1.54) is 11.9 Å². The molecular weight excluding hydrogens is 195 g/mol. The predicted octanol–water partition coefficient (Wildman–Crippen LogP) is 3.45. The fourth-order valence-electron chi connectivity index (χ4n) is 0.567. The van der Waals surface area contributed by atoms with Crippen LogP contribution in [0.1, 0.15) is 13.3 Å². The van der Waals surface area contributed by atoms with Crippen molar-refractivity contribution in [1.82, 2.24) is 0 Å². The summed E-state index contributed by atoms with van der Waals surface area (Å²) >= 11 is 3.78. The van der Waals surface area contributed by atoms with E-state index in [9.17, 15) is 0 Å². The molecule has 0 rings (SSSR count). The minimum atomic E-state index is -0.174. The summed E-state index contributed by atoms with van der Waals surface area (Å²) < 4.78 is 5.66. The average molecular weight is 212 g/mol. The maximum atomic E-state index is 5.66. The monoisotopic (exact) mass is 212 g/mol. The van der Waals surface area contributed by atoms with Gasteiger partial charge in [0.05, 0.1) is 14.0 Å². The molecule has 0 aromatic carbocycles. The minimum Gasteiger partial charge on any atom is -0.348 e. The lowest BCUT2D eigenvalue weighted by atomic mass is 10.5. The highest BCUT2D eigenvalue weighted by Gasteiger charge is 2.05. The topological polar surface area (TPSA) is 9.23 Å². The van der Waals surface area contributed by atoms with Crippen LogP contribution in [0.5, 0.6) is 0 Å². The fourth-order valence-corrected chi connectivity index (χ4v) is 4.46. The number of rotatable bonds is 7. The Bertz CT molecular complexity index is 74.8. The number of hydrogen-bond acceptors (Lipinski definition) is 3. The van der Waals surface area contributed by atoms with Gasteiger partial charge in [0.2, 0.25) is 0 Å². The van der Waals surface area contributed by atoms with Gasteiger partial charge in [-0.25, -0.2) is 0 Å². The lowest BCUT2D eigenvalue weighted by Crippen LogP contribution is -1.91. The van der Waals surface area contributed by atoms with E-state index in [-0.39, 0.29) is 7.35 Å². The highest BCUT2D eigenvalue weighted by molar-refractivity contribution is 8.54. The van der Waals surface area contributed by atoms with Crippen LogP contribution in [0.15, 0.2) is 0 Å². The van der Waals surface area contributed by atoms with Crippen molar-refractivity contribution in [3.63, 3.8) is 0 Å². The number of hydrogen-bond donors (Lipinski definition) is 0. The largest absolute Gasteiger partial charge is 0.348 e. The van der Waals surface area contributed by atoms with Gasteiger partial charge in [0.15, 0.2) is 0 Å². The van der Waals surface area contributed by atoms with Gasteiger partial charge in [-0.05, 0) is 24.7 Å². The molecule has 0 saturated heterocycles. The summed E-state index contributed by atoms with van der Waals surface area (Å²) in [5.41, 5.74) is 0. The van der Waals surface area contributed by atoms with Crippen LogP contribution in [0.25, 0.3) is 0 Å². The van der Waals surface area contributed by atoms with Crippen LogP contribution in [0.3, 0.4) is 0 Å². The van der Waals surface area contributed by atoms with E-state index in [2.05, 4.69) is 19.4 Å². The molecule has 0 aromatic rings. The zero-order valence-corrected chi connectivity index (χ0v) is 10.0. The van der Waals surface area contributed by atoms with Crippen LogP contribution in [0, 0.1) is 0 Å². The van der Waals surface area contributed by atoms with Gasteiger partial charge in [-0.3, -0.25) is 0 Å². The Kier molecular flexibility index (Phi) is 10.1. The lowest BCUT2D eigenvalue weighted by Gasteiger charge is -2.13. The van der Waals surface area contributed by atoms with Crippen molar-refractivity contribution in [3.05, 3.63) is 0 Å². The molecule has 0 heterocycles. The molecule has 0 saturated carbocycles. The van der Waals surface area contributed by atoms with Crippen molar-refractivity contribution in [3.8, 4) is 0 Å². The molecule has 0 radical (unpaired) electrons. The van der Waals surface area contributed by atoms with E-state index in [1.54, 1.807) is 0 Å². The molecular formula is C7H17OPS2. The smallest absolute Gasteiger partial charge is 0.0892 e. The zero-order valence-electron chi connectivity index (χ0n) is 7.50. The molecule has 0 aromatic heterocycles. The number of thioether (sulfide) groups is 1. The van der Waals surface area contributed by atoms with E-state index in [0.717, 1.165) is 13.0 Å². The van der Waals surface area contributed by atoms with Crippen molar-refractivity contribution in [2.45, 2.75) is 13.3 Å². The molecule has 68 valence electrons. The van der Waals surface area contributed by atoms with E-state index >= 15 is 0 Å². The average Bonchev–Trinajstić information content (AvgIpc) is 2.05. The Hall–Kier alpha value is 1.09. The maximum absolute atomic E-state index is 5.66.